The van der Waals surface area contributed by atoms with E-state index in [1.54, 1.807) is 19.1 Å². The molecular formula is C12H18FNO. The predicted octanol–water partition coefficient (Wildman–Crippen LogP) is 3.02. The molecule has 0 aliphatic heterocycles. The van der Waals surface area contributed by atoms with Gasteiger partial charge in [-0.3, -0.25) is 0 Å². The molecule has 1 aromatic carbocycles. The van der Waals surface area contributed by atoms with E-state index in [1.165, 1.54) is 6.07 Å². The van der Waals surface area contributed by atoms with E-state index >= 15 is 0 Å². The molecule has 84 valence electrons. The van der Waals surface area contributed by atoms with Crippen LogP contribution in [0.1, 0.15) is 38.3 Å². The molecule has 0 saturated carbocycles. The van der Waals surface area contributed by atoms with Gasteiger partial charge in [-0.05, 0) is 25.5 Å². The molecule has 1 atom stereocenters. The van der Waals surface area contributed by atoms with Gasteiger partial charge in [0.1, 0.15) is 11.6 Å². The largest absolute Gasteiger partial charge is 0.493 e. The van der Waals surface area contributed by atoms with Crippen LogP contribution >= 0.6 is 0 Å². The van der Waals surface area contributed by atoms with Gasteiger partial charge in [-0.1, -0.05) is 19.4 Å². The van der Waals surface area contributed by atoms with Crippen molar-refractivity contribution < 1.29 is 9.13 Å². The zero-order valence-electron chi connectivity index (χ0n) is 9.29. The maximum atomic E-state index is 13.5. The molecule has 0 amide bonds. The van der Waals surface area contributed by atoms with Gasteiger partial charge in [-0.2, -0.15) is 0 Å². The molecule has 0 spiro atoms. The highest BCUT2D eigenvalue weighted by Gasteiger charge is 2.13. The van der Waals surface area contributed by atoms with E-state index in [2.05, 4.69) is 6.92 Å². The Morgan fingerprint density at radius 1 is 1.47 bits per heavy atom. The summed E-state index contributed by atoms with van der Waals surface area (Å²) in [6.07, 6.45) is 2.03. The topological polar surface area (TPSA) is 35.2 Å². The predicted molar refractivity (Wildman–Crippen MR) is 59.4 cm³/mol. The molecule has 0 fully saturated rings. The fourth-order valence-electron chi connectivity index (χ4n) is 1.41. The second-order valence-corrected chi connectivity index (χ2v) is 3.64. The zero-order chi connectivity index (χ0) is 11.3. The highest BCUT2D eigenvalue weighted by atomic mass is 19.1. The van der Waals surface area contributed by atoms with Crippen molar-refractivity contribution in [1.29, 1.82) is 0 Å². The number of benzene rings is 1. The van der Waals surface area contributed by atoms with Crippen LogP contribution in [-0.2, 0) is 0 Å². The van der Waals surface area contributed by atoms with Crippen LogP contribution in [0.3, 0.4) is 0 Å². The summed E-state index contributed by atoms with van der Waals surface area (Å²) in [6, 6.07) is 4.47. The smallest absolute Gasteiger partial charge is 0.131 e. The van der Waals surface area contributed by atoms with Crippen LogP contribution in [0.5, 0.6) is 5.75 Å². The third-order valence-electron chi connectivity index (χ3n) is 2.22. The molecule has 0 bridgehead atoms. The average molecular weight is 211 g/mol. The summed E-state index contributed by atoms with van der Waals surface area (Å²) in [5.74, 6) is 0.275. The van der Waals surface area contributed by atoms with Crippen LogP contribution < -0.4 is 10.5 Å². The third-order valence-corrected chi connectivity index (χ3v) is 2.22. The van der Waals surface area contributed by atoms with Crippen molar-refractivity contribution in [3.8, 4) is 5.75 Å². The number of halogens is 1. The molecule has 0 saturated heterocycles. The van der Waals surface area contributed by atoms with Gasteiger partial charge in [0.2, 0.25) is 0 Å². The van der Waals surface area contributed by atoms with Crippen LogP contribution in [0.25, 0.3) is 0 Å². The molecule has 1 aromatic rings. The van der Waals surface area contributed by atoms with Crippen molar-refractivity contribution >= 4 is 0 Å². The lowest BCUT2D eigenvalue weighted by Crippen LogP contribution is -2.10. The van der Waals surface area contributed by atoms with Gasteiger partial charge >= 0.3 is 0 Å². The summed E-state index contributed by atoms with van der Waals surface area (Å²) in [4.78, 5) is 0. The first-order valence-electron chi connectivity index (χ1n) is 5.33. The Balaban J connectivity index is 2.81. The highest BCUT2D eigenvalue weighted by Crippen LogP contribution is 2.26. The number of hydrogen-bond donors (Lipinski definition) is 1. The van der Waals surface area contributed by atoms with Crippen molar-refractivity contribution in [2.24, 2.45) is 5.73 Å². The Labute approximate surface area is 90.2 Å². The molecule has 1 rings (SSSR count). The minimum Gasteiger partial charge on any atom is -0.493 e. The van der Waals surface area contributed by atoms with Gasteiger partial charge in [0.05, 0.1) is 6.61 Å². The summed E-state index contributed by atoms with van der Waals surface area (Å²) in [6.45, 7) is 4.45. The van der Waals surface area contributed by atoms with E-state index in [9.17, 15) is 4.39 Å². The minimum absolute atomic E-state index is 0.293. The number of hydrogen-bond acceptors (Lipinski definition) is 2. The molecule has 3 heteroatoms. The number of ether oxygens (including phenoxy) is 1. The maximum absolute atomic E-state index is 13.5. The zero-order valence-corrected chi connectivity index (χ0v) is 9.29. The van der Waals surface area contributed by atoms with Crippen LogP contribution in [0, 0.1) is 5.82 Å². The van der Waals surface area contributed by atoms with Gasteiger partial charge < -0.3 is 10.5 Å². The molecule has 15 heavy (non-hydrogen) atoms. The van der Waals surface area contributed by atoms with E-state index in [4.69, 9.17) is 10.5 Å². The van der Waals surface area contributed by atoms with Gasteiger partial charge in [0, 0.05) is 11.6 Å². The van der Waals surface area contributed by atoms with Crippen molar-refractivity contribution in [3.05, 3.63) is 29.6 Å². The molecule has 1 unspecified atom stereocenters. The third kappa shape index (κ3) is 3.20. The fraction of sp³-hybridized carbons (Fsp3) is 0.500. The number of nitrogens with two attached hydrogens (primary N) is 1. The fourth-order valence-corrected chi connectivity index (χ4v) is 1.41. The van der Waals surface area contributed by atoms with E-state index in [0.717, 1.165) is 12.8 Å². The lowest BCUT2D eigenvalue weighted by atomic mass is 10.1. The molecule has 0 aliphatic carbocycles. The van der Waals surface area contributed by atoms with Crippen LogP contribution in [0.2, 0.25) is 0 Å². The van der Waals surface area contributed by atoms with Crippen molar-refractivity contribution in [2.45, 2.75) is 32.7 Å². The molecule has 0 aliphatic rings. The standard InChI is InChI=1S/C12H18FNO/c1-3-4-8-15-11-7-5-6-10(13)12(11)9(2)14/h5-7,9H,3-4,8,14H2,1-2H3. The number of rotatable bonds is 5. The summed E-state index contributed by atoms with van der Waals surface area (Å²) < 4.78 is 18.9. The first-order chi connectivity index (χ1) is 7.16. The molecule has 0 radical (unpaired) electrons. The Hall–Kier alpha value is -1.09. The molecular weight excluding hydrogens is 193 g/mol. The minimum atomic E-state index is -0.345. The Morgan fingerprint density at radius 2 is 2.20 bits per heavy atom. The van der Waals surface area contributed by atoms with Crippen LogP contribution in [0.15, 0.2) is 18.2 Å². The van der Waals surface area contributed by atoms with Gasteiger partial charge in [0.15, 0.2) is 0 Å². The summed E-state index contributed by atoms with van der Waals surface area (Å²) in [5.41, 5.74) is 6.17. The van der Waals surface area contributed by atoms with E-state index in [0.29, 0.717) is 17.9 Å². The monoisotopic (exact) mass is 211 g/mol. The van der Waals surface area contributed by atoms with E-state index in [1.807, 2.05) is 0 Å². The van der Waals surface area contributed by atoms with Crippen molar-refractivity contribution in [2.75, 3.05) is 6.61 Å². The summed E-state index contributed by atoms with van der Waals surface area (Å²) in [7, 11) is 0. The Morgan fingerprint density at radius 3 is 2.80 bits per heavy atom. The van der Waals surface area contributed by atoms with Gasteiger partial charge in [0.25, 0.3) is 0 Å². The Bertz CT molecular complexity index is 312. The first-order valence-corrected chi connectivity index (χ1v) is 5.33. The molecule has 2 nitrogen and oxygen atoms in total. The SMILES string of the molecule is CCCCOc1cccc(F)c1C(C)N. The number of unbranched alkanes of at least 4 members (excludes halogenated alkanes) is 1. The summed E-state index contributed by atoms with van der Waals surface area (Å²) >= 11 is 0. The van der Waals surface area contributed by atoms with Gasteiger partial charge in [-0.15, -0.1) is 0 Å². The molecule has 0 heterocycles. The molecule has 2 N–H and O–H groups in total. The van der Waals surface area contributed by atoms with E-state index < -0.39 is 0 Å². The second kappa shape index (κ2) is 5.71. The van der Waals surface area contributed by atoms with Crippen molar-refractivity contribution in [3.63, 3.8) is 0 Å². The Kier molecular flexibility index (Phi) is 4.56. The van der Waals surface area contributed by atoms with Crippen LogP contribution in [-0.4, -0.2) is 6.61 Å². The molecule has 0 aromatic heterocycles. The van der Waals surface area contributed by atoms with Crippen LogP contribution in [0.4, 0.5) is 4.39 Å². The quantitative estimate of drug-likeness (QED) is 0.760. The normalized spacial score (nSPS) is 12.5. The van der Waals surface area contributed by atoms with Crippen molar-refractivity contribution in [1.82, 2.24) is 0 Å². The highest BCUT2D eigenvalue weighted by molar-refractivity contribution is 5.36. The van der Waals surface area contributed by atoms with Gasteiger partial charge in [-0.25, -0.2) is 4.39 Å². The maximum Gasteiger partial charge on any atom is 0.131 e. The average Bonchev–Trinajstić information content (AvgIpc) is 2.17. The first kappa shape index (κ1) is 12.0. The second-order valence-electron chi connectivity index (χ2n) is 3.64. The lowest BCUT2D eigenvalue weighted by molar-refractivity contribution is 0.302. The summed E-state index contributed by atoms with van der Waals surface area (Å²) in [5, 5.41) is 0. The lowest BCUT2D eigenvalue weighted by Gasteiger charge is -2.14. The van der Waals surface area contributed by atoms with E-state index in [-0.39, 0.29) is 11.9 Å².